The van der Waals surface area contributed by atoms with E-state index in [1.165, 1.54) is 0 Å². The number of nitrogens with two attached hydrogens (primary N) is 1. The van der Waals surface area contributed by atoms with Crippen LogP contribution in [0.3, 0.4) is 0 Å². The molecule has 23 heavy (non-hydrogen) atoms. The minimum absolute atomic E-state index is 0.120. The number of nitrogens with one attached hydrogen (secondary N) is 1. The Labute approximate surface area is 126 Å². The summed E-state index contributed by atoms with van der Waals surface area (Å²) in [6, 6.07) is 0. The molecule has 0 saturated carbocycles. The summed E-state index contributed by atoms with van der Waals surface area (Å²) in [6.07, 6.45) is -7.64. The van der Waals surface area contributed by atoms with Gasteiger partial charge >= 0.3 is 0 Å². The van der Waals surface area contributed by atoms with Crippen molar-refractivity contribution < 1.29 is 28.8 Å². The summed E-state index contributed by atoms with van der Waals surface area (Å²) >= 11 is 0. The predicted octanol–water partition coefficient (Wildman–Crippen LogP) is -2.05. The maximum Gasteiger partial charge on any atom is 0.280 e. The van der Waals surface area contributed by atoms with Crippen LogP contribution in [-0.2, 0) is 4.74 Å². The van der Waals surface area contributed by atoms with Crippen molar-refractivity contribution in [2.24, 2.45) is 0 Å². The number of halogens is 2. The van der Waals surface area contributed by atoms with Crippen molar-refractivity contribution in [2.45, 2.75) is 30.5 Å². The number of rotatable bonds is 3. The molecular weight excluding hydrogens is 320 g/mol. The van der Waals surface area contributed by atoms with Crippen LogP contribution in [0.25, 0.3) is 11.2 Å². The lowest BCUT2D eigenvalue weighted by Gasteiger charge is -2.28. The lowest BCUT2D eigenvalue weighted by molar-refractivity contribution is -0.194. The number of fused-ring (bicyclic) bond motifs is 1. The molecule has 1 fully saturated rings. The quantitative estimate of drug-likeness (QED) is 0.429. The van der Waals surface area contributed by atoms with Gasteiger partial charge in [0.25, 0.3) is 12.0 Å². The van der Waals surface area contributed by atoms with Crippen molar-refractivity contribution in [3.8, 4) is 0 Å². The number of hydrogen-bond acceptors (Lipinski definition) is 8. The smallest absolute Gasteiger partial charge is 0.280 e. The van der Waals surface area contributed by atoms with E-state index < -0.39 is 42.6 Å². The molecule has 0 aromatic carbocycles. The summed E-state index contributed by atoms with van der Waals surface area (Å²) in [4.78, 5) is 21.5. The van der Waals surface area contributed by atoms with E-state index in [2.05, 4.69) is 15.0 Å². The zero-order chi connectivity index (χ0) is 16.9. The van der Waals surface area contributed by atoms with Gasteiger partial charge in [-0.25, -0.2) is 13.8 Å². The van der Waals surface area contributed by atoms with Gasteiger partial charge in [-0.2, -0.15) is 4.98 Å². The van der Waals surface area contributed by atoms with E-state index in [1.54, 1.807) is 0 Å². The standard InChI is InChI=1S/C11H13F2N5O5/c12-9(13)11(1-19)5(21)4(20)8(23-11)18-2-15-3-6(18)16-10(14)17-7(3)22/h2,4-5,8-9,19-21H,1H2,(H3,14,16,17,22)/t4?,5?,8-,11-/m1/s1. The molecule has 12 heteroatoms. The number of aliphatic hydroxyl groups excluding tert-OH is 3. The topological polar surface area (TPSA) is 160 Å². The van der Waals surface area contributed by atoms with Crippen LogP contribution < -0.4 is 11.3 Å². The summed E-state index contributed by atoms with van der Waals surface area (Å²) in [5.41, 5.74) is 1.83. The molecular formula is C11H13F2N5O5. The molecule has 10 nitrogen and oxygen atoms in total. The molecule has 4 atom stereocenters. The van der Waals surface area contributed by atoms with Gasteiger partial charge in [0.05, 0.1) is 12.9 Å². The third kappa shape index (κ3) is 2.10. The van der Waals surface area contributed by atoms with Gasteiger partial charge in [0, 0.05) is 0 Å². The summed E-state index contributed by atoms with van der Waals surface area (Å²) < 4.78 is 32.5. The Kier molecular flexibility index (Phi) is 3.55. The molecule has 0 aliphatic carbocycles. The Morgan fingerprint density at radius 3 is 2.78 bits per heavy atom. The van der Waals surface area contributed by atoms with Crippen molar-refractivity contribution in [1.82, 2.24) is 19.5 Å². The maximum absolute atomic E-state index is 13.2. The van der Waals surface area contributed by atoms with E-state index in [0.29, 0.717) is 0 Å². The Hall–Kier alpha value is -2.15. The summed E-state index contributed by atoms with van der Waals surface area (Å²) in [5, 5.41) is 29.1. The van der Waals surface area contributed by atoms with Gasteiger partial charge in [0.15, 0.2) is 23.0 Å². The van der Waals surface area contributed by atoms with Gasteiger partial charge in [-0.05, 0) is 0 Å². The normalized spacial score (nSPS) is 31.3. The van der Waals surface area contributed by atoms with E-state index in [1.807, 2.05) is 0 Å². The molecule has 0 spiro atoms. The van der Waals surface area contributed by atoms with Gasteiger partial charge in [-0.15, -0.1) is 0 Å². The molecule has 0 amide bonds. The maximum atomic E-state index is 13.2. The first kappa shape index (κ1) is 15.7. The van der Waals surface area contributed by atoms with Crippen molar-refractivity contribution >= 4 is 17.1 Å². The molecule has 1 aliphatic heterocycles. The summed E-state index contributed by atoms with van der Waals surface area (Å²) in [6.45, 7) is -1.22. The molecule has 2 aromatic rings. The molecule has 1 saturated heterocycles. The van der Waals surface area contributed by atoms with Gasteiger partial charge in [-0.1, -0.05) is 0 Å². The number of anilines is 1. The fourth-order valence-corrected chi connectivity index (χ4v) is 2.54. The largest absolute Gasteiger partial charge is 0.393 e. The third-order valence-corrected chi connectivity index (χ3v) is 3.80. The Balaban J connectivity index is 2.11. The number of ether oxygens (including phenoxy) is 1. The molecule has 3 rings (SSSR count). The van der Waals surface area contributed by atoms with Gasteiger partial charge in [-0.3, -0.25) is 14.3 Å². The van der Waals surface area contributed by atoms with Crippen molar-refractivity contribution in [1.29, 1.82) is 0 Å². The first-order chi connectivity index (χ1) is 10.8. The van der Waals surface area contributed by atoms with E-state index in [-0.39, 0.29) is 17.1 Å². The lowest BCUT2D eigenvalue weighted by Crippen LogP contribution is -2.52. The van der Waals surface area contributed by atoms with Crippen molar-refractivity contribution in [3.05, 3.63) is 16.7 Å². The second kappa shape index (κ2) is 5.19. The highest BCUT2D eigenvalue weighted by Gasteiger charge is 2.60. The van der Waals surface area contributed by atoms with E-state index in [9.17, 15) is 28.9 Å². The number of aromatic nitrogens is 4. The molecule has 1 aliphatic rings. The lowest BCUT2D eigenvalue weighted by atomic mass is 9.96. The van der Waals surface area contributed by atoms with Crippen LogP contribution in [0.1, 0.15) is 6.23 Å². The zero-order valence-electron chi connectivity index (χ0n) is 11.4. The molecule has 6 N–H and O–H groups in total. The number of nitrogens with zero attached hydrogens (tertiary/aromatic N) is 3. The molecule has 0 bridgehead atoms. The number of alkyl halides is 2. The van der Waals surface area contributed by atoms with E-state index in [4.69, 9.17) is 10.5 Å². The van der Waals surface area contributed by atoms with Crippen molar-refractivity contribution in [3.63, 3.8) is 0 Å². The number of H-pyrrole nitrogens is 1. The van der Waals surface area contributed by atoms with Gasteiger partial charge in [0.2, 0.25) is 5.95 Å². The first-order valence-corrected chi connectivity index (χ1v) is 6.47. The fourth-order valence-electron chi connectivity index (χ4n) is 2.54. The fraction of sp³-hybridized carbons (Fsp3) is 0.545. The predicted molar refractivity (Wildman–Crippen MR) is 70.5 cm³/mol. The number of imidazole rings is 1. The second-order valence-electron chi connectivity index (χ2n) is 5.13. The van der Waals surface area contributed by atoms with Crippen molar-refractivity contribution in [2.75, 3.05) is 12.3 Å². The summed E-state index contributed by atoms with van der Waals surface area (Å²) in [5.74, 6) is -0.250. The highest BCUT2D eigenvalue weighted by molar-refractivity contribution is 5.70. The number of aliphatic hydroxyl groups is 3. The Morgan fingerprint density at radius 2 is 2.22 bits per heavy atom. The van der Waals surface area contributed by atoms with Gasteiger partial charge in [0.1, 0.15) is 12.2 Å². The average molecular weight is 333 g/mol. The van der Waals surface area contributed by atoms with Crippen LogP contribution in [0.2, 0.25) is 0 Å². The monoisotopic (exact) mass is 333 g/mol. The summed E-state index contributed by atoms with van der Waals surface area (Å²) in [7, 11) is 0. The second-order valence-corrected chi connectivity index (χ2v) is 5.13. The molecule has 2 aromatic heterocycles. The minimum Gasteiger partial charge on any atom is -0.393 e. The number of aromatic amines is 1. The SMILES string of the molecule is Nc1nc2c(ncn2[C@@H]2O[C@@](CO)(C(F)F)C(O)C2O)c(=O)[nH]1. The van der Waals surface area contributed by atoms with Crippen LogP contribution in [0.5, 0.6) is 0 Å². The first-order valence-electron chi connectivity index (χ1n) is 6.47. The molecule has 0 radical (unpaired) electrons. The number of nitrogen functional groups attached to an aromatic ring is 1. The van der Waals surface area contributed by atoms with Crippen LogP contribution in [0, 0.1) is 0 Å². The molecule has 2 unspecified atom stereocenters. The van der Waals surface area contributed by atoms with Crippen LogP contribution in [0.15, 0.2) is 11.1 Å². The average Bonchev–Trinajstić information content (AvgIpc) is 3.01. The van der Waals surface area contributed by atoms with Crippen LogP contribution in [0.4, 0.5) is 14.7 Å². The van der Waals surface area contributed by atoms with Crippen LogP contribution >= 0.6 is 0 Å². The van der Waals surface area contributed by atoms with Gasteiger partial charge < -0.3 is 25.8 Å². The number of hydrogen-bond donors (Lipinski definition) is 5. The van der Waals surface area contributed by atoms with Crippen LogP contribution in [-0.4, -0.2) is 65.7 Å². The minimum atomic E-state index is -3.27. The highest BCUT2D eigenvalue weighted by atomic mass is 19.3. The highest BCUT2D eigenvalue weighted by Crippen LogP contribution is 2.41. The Bertz CT molecular complexity index is 795. The Morgan fingerprint density at radius 1 is 1.52 bits per heavy atom. The zero-order valence-corrected chi connectivity index (χ0v) is 11.4. The van der Waals surface area contributed by atoms with E-state index >= 15 is 0 Å². The molecule has 3 heterocycles. The van der Waals surface area contributed by atoms with E-state index in [0.717, 1.165) is 10.9 Å². The third-order valence-electron chi connectivity index (χ3n) is 3.80. The molecule has 126 valence electrons.